The van der Waals surface area contributed by atoms with Crippen molar-refractivity contribution < 1.29 is 9.53 Å². The molecule has 2 N–H and O–H groups in total. The van der Waals surface area contributed by atoms with Crippen molar-refractivity contribution in [3.8, 4) is 5.75 Å². The van der Waals surface area contributed by atoms with Gasteiger partial charge in [-0.1, -0.05) is 25.5 Å². The Kier molecular flexibility index (Phi) is 5.67. The molecule has 7 nitrogen and oxygen atoms in total. The molecular formula is C22H25N5O2S. The number of thiophene rings is 1. The second kappa shape index (κ2) is 8.39. The summed E-state index contributed by atoms with van der Waals surface area (Å²) in [7, 11) is 0. The van der Waals surface area contributed by atoms with Crippen LogP contribution in [0, 0.1) is 6.92 Å². The summed E-state index contributed by atoms with van der Waals surface area (Å²) in [6, 6.07) is 12.1. The summed E-state index contributed by atoms with van der Waals surface area (Å²) in [4.78, 5) is 15.4. The normalized spacial score (nSPS) is 19.1. The van der Waals surface area contributed by atoms with Gasteiger partial charge in [0.25, 0.3) is 5.91 Å². The number of ether oxygens (including phenoxy) is 1. The molecule has 1 aliphatic rings. The monoisotopic (exact) mass is 423 g/mol. The van der Waals surface area contributed by atoms with E-state index in [1.54, 1.807) is 11.3 Å². The minimum absolute atomic E-state index is 0.200. The average molecular weight is 424 g/mol. The van der Waals surface area contributed by atoms with Gasteiger partial charge in [0.15, 0.2) is 0 Å². The van der Waals surface area contributed by atoms with E-state index in [0.29, 0.717) is 24.4 Å². The standard InChI is InChI=1S/C22H25N5O2S/c1-4-5-12-29-16-9-7-15(8-10-16)22(3)13-17(18-11-6-14(2)30-18)19(21(28)23-22)20-24-26-27-25-20/h6-11H,4-5,12-13H2,1-3H3,(H,23,28)(H,24,25,26,27)/t22-/m0/s1. The number of carbonyl (C=O) groups is 1. The molecule has 0 aliphatic carbocycles. The maximum atomic E-state index is 13.2. The predicted molar refractivity (Wildman–Crippen MR) is 117 cm³/mol. The highest BCUT2D eigenvalue weighted by atomic mass is 32.1. The second-order valence-corrected chi connectivity index (χ2v) is 8.98. The number of rotatable bonds is 7. The first-order valence-corrected chi connectivity index (χ1v) is 10.9. The molecule has 0 spiro atoms. The second-order valence-electron chi connectivity index (χ2n) is 7.69. The minimum atomic E-state index is -0.556. The SMILES string of the molecule is CCCCOc1ccc([C@]2(C)CC(c3ccc(C)s3)=C(c3nn[nH]n3)C(=O)N2)cc1. The smallest absolute Gasteiger partial charge is 0.256 e. The van der Waals surface area contributed by atoms with Gasteiger partial charge < -0.3 is 10.1 Å². The zero-order valence-electron chi connectivity index (χ0n) is 17.4. The fourth-order valence-electron chi connectivity index (χ4n) is 3.68. The maximum Gasteiger partial charge on any atom is 0.256 e. The molecule has 0 radical (unpaired) electrons. The third-order valence-electron chi connectivity index (χ3n) is 5.31. The third kappa shape index (κ3) is 4.00. The van der Waals surface area contributed by atoms with Gasteiger partial charge in [0.1, 0.15) is 5.75 Å². The molecule has 30 heavy (non-hydrogen) atoms. The lowest BCUT2D eigenvalue weighted by molar-refractivity contribution is -0.117. The van der Waals surface area contributed by atoms with Crippen LogP contribution in [0.3, 0.4) is 0 Å². The van der Waals surface area contributed by atoms with E-state index >= 15 is 0 Å². The molecule has 0 saturated carbocycles. The molecule has 0 unspecified atom stereocenters. The molecular weight excluding hydrogens is 398 g/mol. The topological polar surface area (TPSA) is 92.8 Å². The summed E-state index contributed by atoms with van der Waals surface area (Å²) >= 11 is 1.66. The zero-order chi connectivity index (χ0) is 21.1. The molecule has 0 saturated heterocycles. The molecule has 3 aromatic rings. The molecule has 3 heterocycles. The van der Waals surface area contributed by atoms with Crippen LogP contribution in [0.4, 0.5) is 0 Å². The summed E-state index contributed by atoms with van der Waals surface area (Å²) in [5, 5.41) is 17.4. The Morgan fingerprint density at radius 2 is 2.00 bits per heavy atom. The lowest BCUT2D eigenvalue weighted by Gasteiger charge is -2.37. The number of H-pyrrole nitrogens is 1. The van der Waals surface area contributed by atoms with Crippen LogP contribution in [-0.4, -0.2) is 33.1 Å². The molecule has 8 heteroatoms. The number of hydrogen-bond acceptors (Lipinski definition) is 6. The lowest BCUT2D eigenvalue weighted by atomic mass is 9.80. The minimum Gasteiger partial charge on any atom is -0.494 e. The summed E-state index contributed by atoms with van der Waals surface area (Å²) in [6.07, 6.45) is 2.75. The number of amides is 1. The van der Waals surface area contributed by atoms with Crippen molar-refractivity contribution in [2.24, 2.45) is 0 Å². The number of aryl methyl sites for hydroxylation is 1. The van der Waals surface area contributed by atoms with E-state index in [2.05, 4.69) is 51.9 Å². The van der Waals surface area contributed by atoms with Crippen LogP contribution in [0.25, 0.3) is 11.1 Å². The molecule has 0 bridgehead atoms. The van der Waals surface area contributed by atoms with Crippen molar-refractivity contribution in [1.82, 2.24) is 25.9 Å². The predicted octanol–water partition coefficient (Wildman–Crippen LogP) is 4.09. The largest absolute Gasteiger partial charge is 0.494 e. The Morgan fingerprint density at radius 3 is 2.63 bits per heavy atom. The van der Waals surface area contributed by atoms with Gasteiger partial charge >= 0.3 is 0 Å². The van der Waals surface area contributed by atoms with E-state index in [1.165, 1.54) is 4.88 Å². The number of hydrogen-bond donors (Lipinski definition) is 2. The number of benzene rings is 1. The Balaban J connectivity index is 1.69. The first kappa shape index (κ1) is 20.3. The number of carbonyl (C=O) groups excluding carboxylic acids is 1. The molecule has 4 rings (SSSR count). The fourth-order valence-corrected chi connectivity index (χ4v) is 4.59. The van der Waals surface area contributed by atoms with Gasteiger partial charge in [-0.25, -0.2) is 0 Å². The van der Waals surface area contributed by atoms with Crippen LogP contribution in [-0.2, 0) is 10.3 Å². The Labute approximate surface area is 179 Å². The van der Waals surface area contributed by atoms with Crippen LogP contribution >= 0.6 is 11.3 Å². The van der Waals surface area contributed by atoms with Crippen molar-refractivity contribution in [3.05, 3.63) is 57.5 Å². The first-order chi connectivity index (χ1) is 14.5. The third-order valence-corrected chi connectivity index (χ3v) is 6.37. The Morgan fingerprint density at radius 1 is 1.20 bits per heavy atom. The molecule has 0 fully saturated rings. The van der Waals surface area contributed by atoms with E-state index in [0.717, 1.165) is 34.6 Å². The number of nitrogens with zero attached hydrogens (tertiary/aromatic N) is 3. The summed E-state index contributed by atoms with van der Waals surface area (Å²) < 4.78 is 5.78. The van der Waals surface area contributed by atoms with Crippen molar-refractivity contribution in [1.29, 1.82) is 0 Å². The quantitative estimate of drug-likeness (QED) is 0.558. The van der Waals surface area contributed by atoms with Crippen molar-refractivity contribution in [2.45, 2.75) is 45.6 Å². The first-order valence-electron chi connectivity index (χ1n) is 10.1. The zero-order valence-corrected chi connectivity index (χ0v) is 18.2. The molecule has 1 atom stereocenters. The molecule has 1 aromatic carbocycles. The maximum absolute atomic E-state index is 13.2. The summed E-state index contributed by atoms with van der Waals surface area (Å²) in [5.41, 5.74) is 1.88. The van der Waals surface area contributed by atoms with Gasteiger partial charge in [0, 0.05) is 16.2 Å². The average Bonchev–Trinajstić information content (AvgIpc) is 3.40. The molecule has 1 aliphatic heterocycles. The van der Waals surface area contributed by atoms with Crippen LogP contribution < -0.4 is 10.1 Å². The van der Waals surface area contributed by atoms with E-state index in [9.17, 15) is 4.79 Å². The number of nitrogens with one attached hydrogen (secondary N) is 2. The van der Waals surface area contributed by atoms with E-state index in [1.807, 2.05) is 31.2 Å². The van der Waals surface area contributed by atoms with Gasteiger partial charge in [0.2, 0.25) is 5.82 Å². The Hall–Kier alpha value is -3.00. The van der Waals surface area contributed by atoms with E-state index in [-0.39, 0.29) is 5.91 Å². The van der Waals surface area contributed by atoms with Gasteiger partial charge in [-0.3, -0.25) is 4.79 Å². The summed E-state index contributed by atoms with van der Waals surface area (Å²) in [5.74, 6) is 0.958. The van der Waals surface area contributed by atoms with Crippen molar-refractivity contribution in [2.75, 3.05) is 6.61 Å². The van der Waals surface area contributed by atoms with Gasteiger partial charge in [-0.2, -0.15) is 5.21 Å². The number of unbranched alkanes of at least 4 members (excludes halogenated alkanes) is 1. The summed E-state index contributed by atoms with van der Waals surface area (Å²) in [6.45, 7) is 6.96. The van der Waals surface area contributed by atoms with Crippen molar-refractivity contribution >= 4 is 28.4 Å². The number of aromatic nitrogens is 4. The lowest BCUT2D eigenvalue weighted by Crippen LogP contribution is -2.47. The molecule has 2 aromatic heterocycles. The van der Waals surface area contributed by atoms with Crippen molar-refractivity contribution in [3.63, 3.8) is 0 Å². The van der Waals surface area contributed by atoms with Gasteiger partial charge in [-0.05, 0) is 60.9 Å². The van der Waals surface area contributed by atoms with Crippen LogP contribution in [0.5, 0.6) is 5.75 Å². The highest BCUT2D eigenvalue weighted by Gasteiger charge is 2.39. The number of tetrazole rings is 1. The number of aromatic amines is 1. The molecule has 156 valence electrons. The van der Waals surface area contributed by atoms with E-state index in [4.69, 9.17) is 4.74 Å². The van der Waals surface area contributed by atoms with Gasteiger partial charge in [-0.15, -0.1) is 21.5 Å². The van der Waals surface area contributed by atoms with Crippen LogP contribution in [0.2, 0.25) is 0 Å². The highest BCUT2D eigenvalue weighted by molar-refractivity contribution is 7.13. The van der Waals surface area contributed by atoms with Crippen LogP contribution in [0.1, 0.15) is 54.3 Å². The molecule has 1 amide bonds. The Bertz CT molecular complexity index is 1060. The van der Waals surface area contributed by atoms with E-state index < -0.39 is 5.54 Å². The highest BCUT2D eigenvalue weighted by Crippen LogP contribution is 2.42. The van der Waals surface area contributed by atoms with Crippen LogP contribution in [0.15, 0.2) is 36.4 Å². The fraction of sp³-hybridized carbons (Fsp3) is 0.364. The van der Waals surface area contributed by atoms with Gasteiger partial charge in [0.05, 0.1) is 17.7 Å².